The molecule has 3 unspecified atom stereocenters. The van der Waals surface area contributed by atoms with E-state index in [1.165, 1.54) is 45.1 Å². The molecule has 0 aromatic rings. The van der Waals surface area contributed by atoms with Crippen molar-refractivity contribution in [2.24, 2.45) is 17.8 Å². The normalized spacial score (nSPS) is 29.8. The molecule has 1 spiro atoms. The molecule has 2 nitrogen and oxygen atoms in total. The largest absolute Gasteiger partial charge is 0.375 e. The maximum atomic E-state index is 6.04. The van der Waals surface area contributed by atoms with Crippen molar-refractivity contribution in [2.45, 2.75) is 64.9 Å². The zero-order chi connectivity index (χ0) is 13.0. The van der Waals surface area contributed by atoms with Crippen molar-refractivity contribution in [1.82, 2.24) is 5.32 Å². The summed E-state index contributed by atoms with van der Waals surface area (Å²) < 4.78 is 6.04. The van der Waals surface area contributed by atoms with Crippen molar-refractivity contribution in [2.75, 3.05) is 19.7 Å². The maximum absolute atomic E-state index is 6.04. The Balaban J connectivity index is 1.78. The van der Waals surface area contributed by atoms with E-state index in [4.69, 9.17) is 4.74 Å². The van der Waals surface area contributed by atoms with Gasteiger partial charge in [0.2, 0.25) is 0 Å². The molecule has 1 heterocycles. The number of hydrogen-bond donors (Lipinski definition) is 1. The fourth-order valence-corrected chi connectivity index (χ4v) is 3.59. The maximum Gasteiger partial charge on any atom is 0.0685 e. The summed E-state index contributed by atoms with van der Waals surface area (Å²) in [6.45, 7) is 10.5. The van der Waals surface area contributed by atoms with Crippen LogP contribution < -0.4 is 5.32 Å². The molecule has 0 amide bonds. The lowest BCUT2D eigenvalue weighted by Gasteiger charge is -2.49. The first-order chi connectivity index (χ1) is 8.67. The van der Waals surface area contributed by atoms with Crippen LogP contribution in [0.2, 0.25) is 0 Å². The van der Waals surface area contributed by atoms with Crippen LogP contribution in [0.1, 0.15) is 59.3 Å². The standard InChI is InChI=1S/C16H31NO/c1-4-9-17-12-13(2)14(3)15-6-10-18-16(11-15)7-5-8-16/h13-15,17H,4-12H2,1-3H3. The third-order valence-electron chi connectivity index (χ3n) is 5.33. The minimum absolute atomic E-state index is 0.313. The summed E-state index contributed by atoms with van der Waals surface area (Å²) >= 11 is 0. The van der Waals surface area contributed by atoms with E-state index in [0.29, 0.717) is 5.60 Å². The summed E-state index contributed by atoms with van der Waals surface area (Å²) in [6, 6.07) is 0. The van der Waals surface area contributed by atoms with Gasteiger partial charge in [-0.3, -0.25) is 0 Å². The van der Waals surface area contributed by atoms with Crippen molar-refractivity contribution in [3.05, 3.63) is 0 Å². The van der Waals surface area contributed by atoms with Crippen LogP contribution in [0.5, 0.6) is 0 Å². The van der Waals surface area contributed by atoms with Gasteiger partial charge in [-0.25, -0.2) is 0 Å². The van der Waals surface area contributed by atoms with Gasteiger partial charge < -0.3 is 10.1 Å². The van der Waals surface area contributed by atoms with Crippen LogP contribution >= 0.6 is 0 Å². The van der Waals surface area contributed by atoms with Crippen molar-refractivity contribution >= 4 is 0 Å². The first-order valence-corrected chi connectivity index (χ1v) is 8.01. The average Bonchev–Trinajstić information content (AvgIpc) is 2.36. The number of rotatable bonds is 6. The third-order valence-corrected chi connectivity index (χ3v) is 5.33. The molecule has 2 heteroatoms. The second kappa shape index (κ2) is 6.38. The SMILES string of the molecule is CCCNCC(C)C(C)C1CCOC2(CCC2)C1. The molecule has 2 aliphatic rings. The van der Waals surface area contributed by atoms with E-state index >= 15 is 0 Å². The first kappa shape index (κ1) is 14.3. The van der Waals surface area contributed by atoms with E-state index in [1.54, 1.807) is 0 Å². The molecule has 0 aromatic carbocycles. The van der Waals surface area contributed by atoms with E-state index in [9.17, 15) is 0 Å². The molecule has 1 aliphatic carbocycles. The highest BCUT2D eigenvalue weighted by Gasteiger charge is 2.44. The molecule has 0 aromatic heterocycles. The fraction of sp³-hybridized carbons (Fsp3) is 1.00. The number of nitrogens with one attached hydrogen (secondary N) is 1. The van der Waals surface area contributed by atoms with Crippen molar-refractivity contribution in [3.63, 3.8) is 0 Å². The monoisotopic (exact) mass is 253 g/mol. The lowest BCUT2D eigenvalue weighted by atomic mass is 9.67. The van der Waals surface area contributed by atoms with E-state index in [1.807, 2.05) is 0 Å². The highest BCUT2D eigenvalue weighted by Crippen LogP contribution is 2.46. The summed E-state index contributed by atoms with van der Waals surface area (Å²) in [5.74, 6) is 2.50. The Bertz CT molecular complexity index is 249. The van der Waals surface area contributed by atoms with Crippen LogP contribution in [0.25, 0.3) is 0 Å². The molecule has 1 saturated carbocycles. The molecule has 3 atom stereocenters. The van der Waals surface area contributed by atoms with Crippen LogP contribution in [0.4, 0.5) is 0 Å². The topological polar surface area (TPSA) is 21.3 Å². The second-order valence-corrected chi connectivity index (χ2v) is 6.68. The minimum atomic E-state index is 0.313. The Morgan fingerprint density at radius 3 is 2.72 bits per heavy atom. The summed E-state index contributed by atoms with van der Waals surface area (Å²) in [6.07, 6.45) is 7.86. The summed E-state index contributed by atoms with van der Waals surface area (Å²) in [5, 5.41) is 3.57. The second-order valence-electron chi connectivity index (χ2n) is 6.68. The molecule has 1 saturated heterocycles. The Morgan fingerprint density at radius 1 is 1.33 bits per heavy atom. The summed E-state index contributed by atoms with van der Waals surface area (Å²) in [7, 11) is 0. The highest BCUT2D eigenvalue weighted by molar-refractivity contribution is 4.95. The van der Waals surface area contributed by atoms with Crippen LogP contribution in [0.3, 0.4) is 0 Å². The highest BCUT2D eigenvalue weighted by atomic mass is 16.5. The van der Waals surface area contributed by atoms with Gasteiger partial charge in [-0.1, -0.05) is 20.8 Å². The number of ether oxygens (including phenoxy) is 1. The Morgan fingerprint density at radius 2 is 2.11 bits per heavy atom. The fourth-order valence-electron chi connectivity index (χ4n) is 3.59. The van der Waals surface area contributed by atoms with Crippen molar-refractivity contribution in [1.29, 1.82) is 0 Å². The van der Waals surface area contributed by atoms with Gasteiger partial charge in [0, 0.05) is 6.61 Å². The lowest BCUT2D eigenvalue weighted by molar-refractivity contribution is -0.151. The molecule has 0 radical (unpaired) electrons. The molecule has 2 rings (SSSR count). The van der Waals surface area contributed by atoms with Crippen LogP contribution in [-0.4, -0.2) is 25.3 Å². The predicted molar refractivity (Wildman–Crippen MR) is 76.7 cm³/mol. The van der Waals surface area contributed by atoms with Crippen molar-refractivity contribution in [3.8, 4) is 0 Å². The molecular formula is C16H31NO. The van der Waals surface area contributed by atoms with Gasteiger partial charge >= 0.3 is 0 Å². The summed E-state index contributed by atoms with van der Waals surface area (Å²) in [4.78, 5) is 0. The Labute approximate surface area is 113 Å². The number of hydrogen-bond acceptors (Lipinski definition) is 2. The van der Waals surface area contributed by atoms with Crippen molar-refractivity contribution < 1.29 is 4.74 Å². The molecule has 1 N–H and O–H groups in total. The zero-order valence-electron chi connectivity index (χ0n) is 12.5. The molecule has 106 valence electrons. The van der Waals surface area contributed by atoms with Gasteiger partial charge in [0.05, 0.1) is 5.60 Å². The predicted octanol–water partition coefficient (Wildman–Crippen LogP) is 3.61. The quantitative estimate of drug-likeness (QED) is 0.730. The van der Waals surface area contributed by atoms with Crippen LogP contribution in [-0.2, 0) is 4.74 Å². The lowest BCUT2D eigenvalue weighted by Crippen LogP contribution is -2.47. The molecular weight excluding hydrogens is 222 g/mol. The van der Waals surface area contributed by atoms with Gasteiger partial charge in [0.1, 0.15) is 0 Å². The smallest absolute Gasteiger partial charge is 0.0685 e. The average molecular weight is 253 g/mol. The first-order valence-electron chi connectivity index (χ1n) is 8.01. The molecule has 18 heavy (non-hydrogen) atoms. The minimum Gasteiger partial charge on any atom is -0.375 e. The Kier molecular flexibility index (Phi) is 5.08. The van der Waals surface area contributed by atoms with E-state index in [0.717, 1.165) is 30.9 Å². The van der Waals surface area contributed by atoms with E-state index in [2.05, 4.69) is 26.1 Å². The van der Waals surface area contributed by atoms with Gasteiger partial charge in [0.15, 0.2) is 0 Å². The third kappa shape index (κ3) is 3.27. The zero-order valence-corrected chi connectivity index (χ0v) is 12.5. The van der Waals surface area contributed by atoms with Gasteiger partial charge in [-0.05, 0) is 69.4 Å². The molecule has 0 bridgehead atoms. The molecule has 1 aliphatic heterocycles. The summed E-state index contributed by atoms with van der Waals surface area (Å²) in [5.41, 5.74) is 0.313. The Hall–Kier alpha value is -0.0800. The van der Waals surface area contributed by atoms with Gasteiger partial charge in [0.25, 0.3) is 0 Å². The van der Waals surface area contributed by atoms with Crippen LogP contribution in [0, 0.1) is 17.8 Å². The van der Waals surface area contributed by atoms with E-state index in [-0.39, 0.29) is 0 Å². The van der Waals surface area contributed by atoms with Gasteiger partial charge in [-0.15, -0.1) is 0 Å². The van der Waals surface area contributed by atoms with E-state index < -0.39 is 0 Å². The van der Waals surface area contributed by atoms with Crippen LogP contribution in [0.15, 0.2) is 0 Å². The molecule has 2 fully saturated rings. The van der Waals surface area contributed by atoms with Gasteiger partial charge in [-0.2, -0.15) is 0 Å².